The van der Waals surface area contributed by atoms with Crippen molar-refractivity contribution in [1.82, 2.24) is 18.7 Å². The maximum atomic E-state index is 4.59. The molecule has 11 aromatic rings. The van der Waals surface area contributed by atoms with Crippen LogP contribution in [0.4, 0.5) is 0 Å². The van der Waals surface area contributed by atoms with Crippen molar-refractivity contribution >= 4 is 65.4 Å². The topological polar surface area (TPSA) is 27.7 Å². The Morgan fingerprint density at radius 3 is 1.57 bits per heavy atom. The second kappa shape index (κ2) is 10.8. The van der Waals surface area contributed by atoms with Gasteiger partial charge in [0.25, 0.3) is 0 Å². The van der Waals surface area contributed by atoms with Crippen LogP contribution in [-0.2, 0) is 0 Å². The van der Waals surface area contributed by atoms with Gasteiger partial charge in [-0.3, -0.25) is 4.98 Å². The Bertz CT molecular complexity index is 3110. The average Bonchev–Trinajstić information content (AvgIpc) is 3.84. The highest BCUT2D eigenvalue weighted by molar-refractivity contribution is 6.28. The summed E-state index contributed by atoms with van der Waals surface area (Å²) in [5.41, 5.74) is 12.9. The fourth-order valence-electron chi connectivity index (χ4n) is 8.40. The van der Waals surface area contributed by atoms with E-state index in [1.165, 1.54) is 60.1 Å². The maximum absolute atomic E-state index is 4.59. The van der Waals surface area contributed by atoms with Crippen LogP contribution < -0.4 is 0 Å². The lowest BCUT2D eigenvalue weighted by atomic mass is 9.95. The molecule has 4 heterocycles. The van der Waals surface area contributed by atoms with E-state index < -0.39 is 0 Å². The van der Waals surface area contributed by atoms with Crippen LogP contribution in [-0.4, -0.2) is 18.7 Å². The first-order chi connectivity index (χ1) is 25.3. The van der Waals surface area contributed by atoms with E-state index in [2.05, 4.69) is 189 Å². The van der Waals surface area contributed by atoms with Gasteiger partial charge in [0.15, 0.2) is 0 Å². The van der Waals surface area contributed by atoms with Crippen LogP contribution in [0.2, 0.25) is 0 Å². The molecule has 0 bridgehead atoms. The summed E-state index contributed by atoms with van der Waals surface area (Å²) in [5.74, 6) is 0. The highest BCUT2D eigenvalue weighted by Crippen LogP contribution is 2.47. The highest BCUT2D eigenvalue weighted by atomic mass is 15.0. The molecule has 11 rings (SSSR count). The summed E-state index contributed by atoms with van der Waals surface area (Å²) in [7, 11) is 0. The molecule has 0 aliphatic heterocycles. The molecule has 0 N–H and O–H groups in total. The van der Waals surface area contributed by atoms with Gasteiger partial charge in [-0.25, -0.2) is 0 Å². The summed E-state index contributed by atoms with van der Waals surface area (Å²) in [6.07, 6.45) is 3.90. The van der Waals surface area contributed by atoms with Crippen molar-refractivity contribution in [2.24, 2.45) is 0 Å². The van der Waals surface area contributed by atoms with Gasteiger partial charge in [-0.05, 0) is 83.9 Å². The molecule has 0 saturated carbocycles. The third kappa shape index (κ3) is 3.99. The first kappa shape index (κ1) is 28.0. The number of aromatic nitrogens is 4. The second-order valence-electron chi connectivity index (χ2n) is 13.2. The fraction of sp³-hybridized carbons (Fsp3) is 0. The van der Waals surface area contributed by atoms with Crippen LogP contribution in [0, 0.1) is 0 Å². The third-order valence-corrected chi connectivity index (χ3v) is 10.5. The molecule has 0 unspecified atom stereocenters. The number of fused-ring (bicyclic) bond motifs is 10. The number of para-hydroxylation sites is 5. The number of rotatable bonds is 4. The van der Waals surface area contributed by atoms with Crippen molar-refractivity contribution in [3.05, 3.63) is 182 Å². The minimum Gasteiger partial charge on any atom is -0.309 e. The van der Waals surface area contributed by atoms with Gasteiger partial charge >= 0.3 is 0 Å². The van der Waals surface area contributed by atoms with Gasteiger partial charge in [-0.15, -0.1) is 0 Å². The fourth-order valence-corrected chi connectivity index (χ4v) is 8.40. The van der Waals surface area contributed by atoms with Crippen molar-refractivity contribution in [2.45, 2.75) is 0 Å². The second-order valence-corrected chi connectivity index (χ2v) is 13.2. The Hall–Kier alpha value is -6.91. The molecule has 4 heteroatoms. The van der Waals surface area contributed by atoms with Crippen molar-refractivity contribution in [3.63, 3.8) is 0 Å². The van der Waals surface area contributed by atoms with Gasteiger partial charge in [0.05, 0.1) is 33.1 Å². The molecule has 0 fully saturated rings. The smallest absolute Gasteiger partial charge is 0.0795 e. The maximum Gasteiger partial charge on any atom is 0.0795 e. The first-order valence-corrected chi connectivity index (χ1v) is 17.4. The molecule has 4 aromatic heterocycles. The zero-order valence-corrected chi connectivity index (χ0v) is 27.6. The van der Waals surface area contributed by atoms with E-state index in [4.69, 9.17) is 0 Å². The first-order valence-electron chi connectivity index (χ1n) is 17.4. The van der Waals surface area contributed by atoms with Gasteiger partial charge in [0.1, 0.15) is 0 Å². The van der Waals surface area contributed by atoms with Crippen LogP contribution in [0.1, 0.15) is 0 Å². The van der Waals surface area contributed by atoms with E-state index in [1.54, 1.807) is 0 Å². The Labute approximate surface area is 293 Å². The molecule has 0 radical (unpaired) electrons. The van der Waals surface area contributed by atoms with E-state index in [1.807, 2.05) is 12.4 Å². The summed E-state index contributed by atoms with van der Waals surface area (Å²) in [4.78, 5) is 4.59. The normalized spacial score (nSPS) is 11.9. The summed E-state index contributed by atoms with van der Waals surface area (Å²) in [6.45, 7) is 0. The molecule has 51 heavy (non-hydrogen) atoms. The van der Waals surface area contributed by atoms with E-state index in [9.17, 15) is 0 Å². The van der Waals surface area contributed by atoms with E-state index in [0.29, 0.717) is 0 Å². The summed E-state index contributed by atoms with van der Waals surface area (Å²) in [5, 5.41) is 7.26. The molecule has 0 saturated heterocycles. The lowest BCUT2D eigenvalue weighted by Crippen LogP contribution is -1.99. The SMILES string of the molecule is c1ccc(-n2c3ccncc3c3cc(-c4cc5c6ccccc6n(-c6ccccc6)c5c5c4c4ccccc4n5-c4ccccc4)ccc32)cc1. The number of nitrogens with zero attached hydrogens (tertiary/aromatic N) is 4. The largest absolute Gasteiger partial charge is 0.309 e. The van der Waals surface area contributed by atoms with Gasteiger partial charge in [-0.2, -0.15) is 0 Å². The van der Waals surface area contributed by atoms with E-state index in [-0.39, 0.29) is 0 Å². The quantitative estimate of drug-likeness (QED) is 0.186. The average molecular weight is 651 g/mol. The molecular formula is C47H30N4. The molecule has 7 aromatic carbocycles. The van der Waals surface area contributed by atoms with Gasteiger partial charge in [0.2, 0.25) is 0 Å². The number of hydrogen-bond acceptors (Lipinski definition) is 1. The molecular weight excluding hydrogens is 621 g/mol. The molecule has 0 atom stereocenters. The van der Waals surface area contributed by atoms with Crippen molar-refractivity contribution in [2.75, 3.05) is 0 Å². The summed E-state index contributed by atoms with van der Waals surface area (Å²) < 4.78 is 7.28. The Morgan fingerprint density at radius 1 is 0.353 bits per heavy atom. The lowest BCUT2D eigenvalue weighted by Gasteiger charge is -2.14. The van der Waals surface area contributed by atoms with Crippen molar-refractivity contribution < 1.29 is 0 Å². The summed E-state index contributed by atoms with van der Waals surface area (Å²) in [6, 6.07) is 61.4. The van der Waals surface area contributed by atoms with Gasteiger partial charge in [0, 0.05) is 61.8 Å². The molecule has 0 spiro atoms. The van der Waals surface area contributed by atoms with Crippen LogP contribution in [0.25, 0.3) is 93.6 Å². The minimum atomic E-state index is 1.14. The van der Waals surface area contributed by atoms with Crippen LogP contribution in [0.5, 0.6) is 0 Å². The number of benzene rings is 7. The monoisotopic (exact) mass is 650 g/mol. The standard InChI is InChI=1S/C47H30N4/c1-4-14-32(15-5-1)49-43-25-24-31(28-38(43)40-30-48-27-26-44(40)49)37-29-39-35-20-10-12-22-41(35)50(33-16-6-2-7-17-33)46(39)47-45(37)36-21-11-13-23-42(36)51(47)34-18-8-3-9-19-34/h1-30H. The third-order valence-electron chi connectivity index (χ3n) is 10.5. The van der Waals surface area contributed by atoms with Crippen LogP contribution >= 0.6 is 0 Å². The Morgan fingerprint density at radius 2 is 0.882 bits per heavy atom. The molecule has 0 amide bonds. The Balaban J connectivity index is 1.34. The highest BCUT2D eigenvalue weighted by Gasteiger charge is 2.25. The van der Waals surface area contributed by atoms with Gasteiger partial charge in [-0.1, -0.05) is 97.1 Å². The predicted octanol–water partition coefficient (Wildman–Crippen LogP) is 12.0. The minimum absolute atomic E-state index is 1.14. The zero-order chi connectivity index (χ0) is 33.5. The van der Waals surface area contributed by atoms with E-state index in [0.717, 1.165) is 33.5 Å². The molecule has 0 aliphatic carbocycles. The zero-order valence-electron chi connectivity index (χ0n) is 27.6. The Kier molecular flexibility index (Phi) is 5.92. The molecule has 4 nitrogen and oxygen atoms in total. The van der Waals surface area contributed by atoms with E-state index >= 15 is 0 Å². The van der Waals surface area contributed by atoms with Crippen LogP contribution in [0.3, 0.4) is 0 Å². The summed E-state index contributed by atoms with van der Waals surface area (Å²) >= 11 is 0. The number of hydrogen-bond donors (Lipinski definition) is 0. The predicted molar refractivity (Wildman–Crippen MR) is 213 cm³/mol. The lowest BCUT2D eigenvalue weighted by molar-refractivity contribution is 1.15. The molecule has 0 aliphatic rings. The van der Waals surface area contributed by atoms with Crippen molar-refractivity contribution in [1.29, 1.82) is 0 Å². The van der Waals surface area contributed by atoms with Crippen LogP contribution in [0.15, 0.2) is 182 Å². The molecule has 238 valence electrons. The van der Waals surface area contributed by atoms with Crippen molar-refractivity contribution in [3.8, 4) is 28.2 Å². The number of pyridine rings is 1. The van der Waals surface area contributed by atoms with Gasteiger partial charge < -0.3 is 13.7 Å².